The Balaban J connectivity index is 1.63. The van der Waals surface area contributed by atoms with E-state index >= 15 is 0 Å². The first-order valence-corrected chi connectivity index (χ1v) is 11.6. The maximum atomic E-state index is 14.5. The SMILES string of the molecule is NC(=O)c1c(Cc2ccc(I)cc2F)cc(F)cc1Oc1cccc(CC(=O)c2ccncc2)c1. The number of halogens is 3. The predicted octanol–water partition coefficient (Wildman–Crippen LogP) is 5.87. The average molecular weight is 584 g/mol. The average Bonchev–Trinajstić information content (AvgIpc) is 2.81. The smallest absolute Gasteiger partial charge is 0.252 e. The molecule has 2 N–H and O–H groups in total. The number of nitrogens with two attached hydrogens (primary N) is 1. The first-order chi connectivity index (χ1) is 16.8. The van der Waals surface area contributed by atoms with E-state index < -0.39 is 17.5 Å². The molecular formula is C27H19F2IN2O3. The van der Waals surface area contributed by atoms with Crippen LogP contribution in [-0.2, 0) is 12.8 Å². The fraction of sp³-hybridized carbons (Fsp3) is 0.0741. The minimum Gasteiger partial charge on any atom is -0.456 e. The molecule has 0 radical (unpaired) electrons. The summed E-state index contributed by atoms with van der Waals surface area (Å²) in [4.78, 5) is 28.8. The molecule has 176 valence electrons. The van der Waals surface area contributed by atoms with Crippen molar-refractivity contribution in [3.8, 4) is 11.5 Å². The minimum atomic E-state index is -0.829. The van der Waals surface area contributed by atoms with Gasteiger partial charge in [-0.15, -0.1) is 0 Å². The maximum absolute atomic E-state index is 14.5. The van der Waals surface area contributed by atoms with Crippen LogP contribution in [0.5, 0.6) is 11.5 Å². The van der Waals surface area contributed by atoms with Crippen molar-refractivity contribution in [1.82, 2.24) is 4.98 Å². The van der Waals surface area contributed by atoms with Crippen molar-refractivity contribution in [2.24, 2.45) is 5.73 Å². The highest BCUT2D eigenvalue weighted by atomic mass is 127. The monoisotopic (exact) mass is 584 g/mol. The zero-order chi connectivity index (χ0) is 24.9. The quantitative estimate of drug-likeness (QED) is 0.208. The fourth-order valence-corrected chi connectivity index (χ4v) is 4.13. The summed E-state index contributed by atoms with van der Waals surface area (Å²) in [6.07, 6.45) is 3.16. The van der Waals surface area contributed by atoms with Crippen LogP contribution in [0.1, 0.15) is 37.4 Å². The number of rotatable bonds is 8. The third-order valence-corrected chi connectivity index (χ3v) is 5.96. The van der Waals surface area contributed by atoms with E-state index in [0.717, 1.165) is 12.1 Å². The number of carbonyl (C=O) groups excluding carboxylic acids is 2. The van der Waals surface area contributed by atoms with Gasteiger partial charge >= 0.3 is 0 Å². The highest BCUT2D eigenvalue weighted by Crippen LogP contribution is 2.31. The summed E-state index contributed by atoms with van der Waals surface area (Å²) in [6, 6.07) is 16.8. The van der Waals surface area contributed by atoms with E-state index in [9.17, 15) is 18.4 Å². The van der Waals surface area contributed by atoms with Gasteiger partial charge in [0.15, 0.2) is 5.78 Å². The molecule has 0 saturated carbocycles. The third-order valence-electron chi connectivity index (χ3n) is 5.28. The Labute approximate surface area is 214 Å². The van der Waals surface area contributed by atoms with Gasteiger partial charge in [-0.05, 0) is 81.7 Å². The number of benzene rings is 3. The fourth-order valence-electron chi connectivity index (χ4n) is 3.68. The molecule has 1 aromatic heterocycles. The molecule has 0 aliphatic rings. The summed E-state index contributed by atoms with van der Waals surface area (Å²) in [5, 5.41) is 0. The van der Waals surface area contributed by atoms with E-state index in [1.807, 2.05) is 22.6 Å². The number of ether oxygens (including phenoxy) is 1. The molecule has 0 atom stereocenters. The van der Waals surface area contributed by atoms with E-state index in [1.165, 1.54) is 6.07 Å². The van der Waals surface area contributed by atoms with Crippen LogP contribution >= 0.6 is 22.6 Å². The van der Waals surface area contributed by atoms with E-state index in [0.29, 0.717) is 26.0 Å². The van der Waals surface area contributed by atoms with Gasteiger partial charge in [0.2, 0.25) is 0 Å². The zero-order valence-corrected chi connectivity index (χ0v) is 20.5. The number of hydrogen-bond donors (Lipinski definition) is 1. The molecule has 0 fully saturated rings. The molecule has 1 heterocycles. The Hall–Kier alpha value is -3.66. The van der Waals surface area contributed by atoms with E-state index in [1.54, 1.807) is 60.9 Å². The molecule has 0 aliphatic carbocycles. The third kappa shape index (κ3) is 6.07. The van der Waals surface area contributed by atoms with Crippen molar-refractivity contribution < 1.29 is 23.1 Å². The van der Waals surface area contributed by atoms with Gasteiger partial charge in [-0.3, -0.25) is 14.6 Å². The van der Waals surface area contributed by atoms with Crippen LogP contribution in [0, 0.1) is 15.2 Å². The van der Waals surface area contributed by atoms with Gasteiger partial charge in [-0.1, -0.05) is 18.2 Å². The molecule has 0 unspecified atom stereocenters. The number of aromatic nitrogens is 1. The number of ketones is 1. The molecule has 3 aromatic carbocycles. The Morgan fingerprint density at radius 2 is 1.71 bits per heavy atom. The van der Waals surface area contributed by atoms with Crippen LogP contribution in [0.3, 0.4) is 0 Å². The van der Waals surface area contributed by atoms with Gasteiger partial charge in [0.25, 0.3) is 5.91 Å². The van der Waals surface area contributed by atoms with Gasteiger partial charge in [0, 0.05) is 40.4 Å². The van der Waals surface area contributed by atoms with Crippen LogP contribution in [0.4, 0.5) is 8.78 Å². The summed E-state index contributed by atoms with van der Waals surface area (Å²) < 4.78 is 35.5. The van der Waals surface area contributed by atoms with Crippen LogP contribution in [0.15, 0.2) is 79.1 Å². The molecule has 4 rings (SSSR count). The molecule has 0 spiro atoms. The zero-order valence-electron chi connectivity index (χ0n) is 18.3. The van der Waals surface area contributed by atoms with E-state index in [-0.39, 0.29) is 35.5 Å². The molecule has 0 aliphatic heterocycles. The Bertz CT molecular complexity index is 1410. The lowest BCUT2D eigenvalue weighted by molar-refractivity contribution is 0.0986. The second-order valence-corrected chi connectivity index (χ2v) is 9.05. The maximum Gasteiger partial charge on any atom is 0.252 e. The summed E-state index contributed by atoms with van der Waals surface area (Å²) in [5.41, 5.74) is 7.26. The number of primary amides is 1. The predicted molar refractivity (Wildman–Crippen MR) is 136 cm³/mol. The molecule has 5 nitrogen and oxygen atoms in total. The summed E-state index contributed by atoms with van der Waals surface area (Å²) in [5.74, 6) is -1.85. The number of Topliss-reactive ketones (excluding diaryl/α,β-unsaturated/α-hetero) is 1. The molecule has 0 bridgehead atoms. The van der Waals surface area contributed by atoms with Gasteiger partial charge in [-0.25, -0.2) is 8.78 Å². The van der Waals surface area contributed by atoms with Gasteiger partial charge in [-0.2, -0.15) is 0 Å². The Kier molecular flexibility index (Phi) is 7.50. The van der Waals surface area contributed by atoms with Crippen molar-refractivity contribution in [2.45, 2.75) is 12.8 Å². The largest absolute Gasteiger partial charge is 0.456 e. The van der Waals surface area contributed by atoms with Gasteiger partial charge < -0.3 is 10.5 Å². The number of carbonyl (C=O) groups is 2. The van der Waals surface area contributed by atoms with Crippen molar-refractivity contribution in [3.05, 3.63) is 122 Å². The minimum absolute atomic E-state index is 0.0392. The van der Waals surface area contributed by atoms with Crippen molar-refractivity contribution in [1.29, 1.82) is 0 Å². The molecule has 1 amide bonds. The van der Waals surface area contributed by atoms with Crippen LogP contribution in [-0.4, -0.2) is 16.7 Å². The number of amides is 1. The first-order valence-electron chi connectivity index (χ1n) is 10.6. The first kappa shape index (κ1) is 24.5. The van der Waals surface area contributed by atoms with E-state index in [2.05, 4.69) is 4.98 Å². The Morgan fingerprint density at radius 1 is 0.943 bits per heavy atom. The molecule has 35 heavy (non-hydrogen) atoms. The second kappa shape index (κ2) is 10.7. The molecule has 0 saturated heterocycles. The molecule has 8 heteroatoms. The standard InChI is InChI=1S/C27H19F2IN2O3/c28-20-13-19(12-18-4-5-21(30)15-23(18)29)26(27(31)34)25(14-20)35-22-3-1-2-16(10-22)11-24(33)17-6-8-32-9-7-17/h1-10,13-15H,11-12H2,(H2,31,34). The normalized spacial score (nSPS) is 10.7. The topological polar surface area (TPSA) is 82.3 Å². The summed E-state index contributed by atoms with van der Waals surface area (Å²) >= 11 is 1.99. The molecule has 4 aromatic rings. The van der Waals surface area contributed by atoms with E-state index in [4.69, 9.17) is 10.5 Å². The van der Waals surface area contributed by atoms with Gasteiger partial charge in [0.05, 0.1) is 5.56 Å². The van der Waals surface area contributed by atoms with Crippen LogP contribution in [0.2, 0.25) is 0 Å². The van der Waals surface area contributed by atoms with Crippen LogP contribution in [0.25, 0.3) is 0 Å². The number of pyridine rings is 1. The Morgan fingerprint density at radius 3 is 2.43 bits per heavy atom. The second-order valence-electron chi connectivity index (χ2n) is 7.80. The lowest BCUT2D eigenvalue weighted by atomic mass is 9.98. The lowest BCUT2D eigenvalue weighted by Gasteiger charge is -2.15. The lowest BCUT2D eigenvalue weighted by Crippen LogP contribution is -2.16. The highest BCUT2D eigenvalue weighted by molar-refractivity contribution is 14.1. The highest BCUT2D eigenvalue weighted by Gasteiger charge is 2.20. The summed E-state index contributed by atoms with van der Waals surface area (Å²) in [6.45, 7) is 0. The molecular weight excluding hydrogens is 565 g/mol. The van der Waals surface area contributed by atoms with Crippen molar-refractivity contribution in [3.63, 3.8) is 0 Å². The summed E-state index contributed by atoms with van der Waals surface area (Å²) in [7, 11) is 0. The van der Waals surface area contributed by atoms with Crippen molar-refractivity contribution in [2.75, 3.05) is 0 Å². The van der Waals surface area contributed by atoms with Gasteiger partial charge in [0.1, 0.15) is 23.1 Å². The number of nitrogens with zero attached hydrogens (tertiary/aromatic N) is 1. The number of hydrogen-bond acceptors (Lipinski definition) is 4. The van der Waals surface area contributed by atoms with Crippen LogP contribution < -0.4 is 10.5 Å². The van der Waals surface area contributed by atoms with Crippen molar-refractivity contribution >= 4 is 34.3 Å².